The molecule has 166 valence electrons. The van der Waals surface area contributed by atoms with Gasteiger partial charge in [-0.05, 0) is 38.5 Å². The number of hydrogen-bond acceptors (Lipinski definition) is 6. The molecule has 2 atom stereocenters. The maximum Gasteiger partial charge on any atom is 0.423 e. The topological polar surface area (TPSA) is 76.6 Å². The summed E-state index contributed by atoms with van der Waals surface area (Å²) in [6, 6.07) is -0.0610. The van der Waals surface area contributed by atoms with Crippen LogP contribution >= 0.6 is 0 Å². The fraction of sp³-hybridized carbons (Fsp3) is 0.750. The standard InChI is InChI=1S/C20H27F3N4O3/c21-20(22,23)16-10-24-19(26-17(16)30-15-11-29-12-15)25-14-6-4-5-13(9-14)18(28)27-7-2-1-3-8-27/h10,13-15H,1-9,11-12H2,(H,24,25,26)/t13-,14+/m0/s1. The first kappa shape index (κ1) is 21.1. The van der Waals surface area contributed by atoms with Gasteiger partial charge in [0.2, 0.25) is 17.7 Å². The van der Waals surface area contributed by atoms with E-state index in [0.29, 0.717) is 6.42 Å². The first-order valence-electron chi connectivity index (χ1n) is 10.6. The zero-order valence-electron chi connectivity index (χ0n) is 16.8. The van der Waals surface area contributed by atoms with Crippen molar-refractivity contribution >= 4 is 11.9 Å². The second kappa shape index (κ2) is 8.95. The van der Waals surface area contributed by atoms with E-state index in [1.807, 2.05) is 4.90 Å². The van der Waals surface area contributed by atoms with Crippen molar-refractivity contribution in [2.45, 2.75) is 63.3 Å². The van der Waals surface area contributed by atoms with Gasteiger partial charge in [-0.3, -0.25) is 4.79 Å². The molecule has 3 heterocycles. The van der Waals surface area contributed by atoms with Gasteiger partial charge in [-0.25, -0.2) is 4.98 Å². The molecule has 10 heteroatoms. The minimum atomic E-state index is -4.60. The SMILES string of the molecule is O=C([C@H]1CCC[C@@H](Nc2ncc(C(F)(F)F)c(OC3COC3)n2)C1)N1CCCCC1. The van der Waals surface area contributed by atoms with E-state index in [1.165, 1.54) is 6.42 Å². The molecule has 0 spiro atoms. The molecule has 0 unspecified atom stereocenters. The third-order valence-corrected chi connectivity index (χ3v) is 5.97. The van der Waals surface area contributed by atoms with Gasteiger partial charge >= 0.3 is 6.18 Å². The third kappa shape index (κ3) is 4.96. The van der Waals surface area contributed by atoms with E-state index in [9.17, 15) is 18.0 Å². The van der Waals surface area contributed by atoms with Gasteiger partial charge in [0, 0.05) is 31.2 Å². The molecule has 4 rings (SSSR count). The van der Waals surface area contributed by atoms with Crippen LogP contribution in [-0.4, -0.2) is 59.2 Å². The number of piperidine rings is 1. The second-order valence-electron chi connectivity index (χ2n) is 8.28. The third-order valence-electron chi connectivity index (χ3n) is 5.97. The first-order chi connectivity index (χ1) is 14.4. The lowest BCUT2D eigenvalue weighted by Crippen LogP contribution is -2.42. The highest BCUT2D eigenvalue weighted by molar-refractivity contribution is 5.79. The maximum absolute atomic E-state index is 13.3. The Balaban J connectivity index is 1.42. The van der Waals surface area contributed by atoms with Crippen molar-refractivity contribution < 1.29 is 27.4 Å². The molecule has 1 saturated carbocycles. The van der Waals surface area contributed by atoms with E-state index >= 15 is 0 Å². The van der Waals surface area contributed by atoms with Crippen LogP contribution in [0, 0.1) is 5.92 Å². The van der Waals surface area contributed by atoms with Gasteiger partial charge < -0.3 is 19.7 Å². The molecule has 3 fully saturated rings. The van der Waals surface area contributed by atoms with Gasteiger partial charge in [-0.2, -0.15) is 18.2 Å². The van der Waals surface area contributed by atoms with Crippen molar-refractivity contribution in [3.8, 4) is 5.88 Å². The van der Waals surface area contributed by atoms with Crippen molar-refractivity contribution in [1.29, 1.82) is 0 Å². The van der Waals surface area contributed by atoms with Crippen molar-refractivity contribution in [3.63, 3.8) is 0 Å². The normalized spacial score (nSPS) is 25.5. The lowest BCUT2D eigenvalue weighted by molar-refractivity contribution is -0.143. The van der Waals surface area contributed by atoms with Crippen LogP contribution in [0.1, 0.15) is 50.5 Å². The van der Waals surface area contributed by atoms with E-state index in [4.69, 9.17) is 9.47 Å². The van der Waals surface area contributed by atoms with Crippen LogP contribution in [0.15, 0.2) is 6.20 Å². The van der Waals surface area contributed by atoms with Gasteiger partial charge in [0.15, 0.2) is 0 Å². The average molecular weight is 428 g/mol. The van der Waals surface area contributed by atoms with E-state index in [1.54, 1.807) is 0 Å². The van der Waals surface area contributed by atoms with E-state index < -0.39 is 23.7 Å². The Hall–Kier alpha value is -2.10. The number of nitrogens with zero attached hydrogens (tertiary/aromatic N) is 3. The molecule has 1 amide bonds. The summed E-state index contributed by atoms with van der Waals surface area (Å²) in [6.45, 7) is 2.13. The summed E-state index contributed by atoms with van der Waals surface area (Å²) in [6.07, 6.45) is 2.16. The highest BCUT2D eigenvalue weighted by atomic mass is 19.4. The summed E-state index contributed by atoms with van der Waals surface area (Å²) < 4.78 is 50.2. The van der Waals surface area contributed by atoms with Crippen molar-refractivity contribution in [2.75, 3.05) is 31.6 Å². The van der Waals surface area contributed by atoms with Crippen molar-refractivity contribution in [1.82, 2.24) is 14.9 Å². The van der Waals surface area contributed by atoms with Crippen LogP contribution in [0.2, 0.25) is 0 Å². The largest absolute Gasteiger partial charge is 0.469 e. The summed E-state index contributed by atoms with van der Waals surface area (Å²) in [5.74, 6) is -0.255. The quantitative estimate of drug-likeness (QED) is 0.776. The van der Waals surface area contributed by atoms with E-state index in [0.717, 1.165) is 51.4 Å². The number of amides is 1. The molecule has 30 heavy (non-hydrogen) atoms. The molecule has 1 aliphatic carbocycles. The number of carbonyl (C=O) groups excluding carboxylic acids is 1. The molecular weight excluding hydrogens is 401 g/mol. The van der Waals surface area contributed by atoms with E-state index in [2.05, 4.69) is 15.3 Å². The minimum absolute atomic E-state index is 0.0610. The highest BCUT2D eigenvalue weighted by Crippen LogP contribution is 2.36. The van der Waals surface area contributed by atoms with Gasteiger partial charge in [0.05, 0.1) is 13.2 Å². The summed E-state index contributed by atoms with van der Waals surface area (Å²) in [5.41, 5.74) is -0.998. The Morgan fingerprint density at radius 1 is 1.17 bits per heavy atom. The Labute approximate surface area is 173 Å². The van der Waals surface area contributed by atoms with Gasteiger partial charge in [0.25, 0.3) is 0 Å². The first-order valence-corrected chi connectivity index (χ1v) is 10.6. The minimum Gasteiger partial charge on any atom is -0.469 e. The smallest absolute Gasteiger partial charge is 0.423 e. The zero-order valence-corrected chi connectivity index (χ0v) is 16.8. The predicted octanol–water partition coefficient (Wildman–Crippen LogP) is 3.26. The number of aromatic nitrogens is 2. The van der Waals surface area contributed by atoms with Crippen molar-refractivity contribution in [3.05, 3.63) is 11.8 Å². The molecule has 0 bridgehead atoms. The summed E-state index contributed by atoms with van der Waals surface area (Å²) in [4.78, 5) is 22.6. The van der Waals surface area contributed by atoms with Crippen LogP contribution in [0.5, 0.6) is 5.88 Å². The zero-order chi connectivity index (χ0) is 21.1. The Morgan fingerprint density at radius 3 is 2.60 bits per heavy atom. The van der Waals surface area contributed by atoms with Crippen LogP contribution in [0.25, 0.3) is 0 Å². The lowest BCUT2D eigenvalue weighted by atomic mass is 9.84. The number of halogens is 3. The fourth-order valence-electron chi connectivity index (χ4n) is 4.26. The summed E-state index contributed by atoms with van der Waals surface area (Å²) in [5, 5.41) is 3.13. The molecule has 2 saturated heterocycles. The number of ether oxygens (including phenoxy) is 2. The fourth-order valence-corrected chi connectivity index (χ4v) is 4.26. The number of anilines is 1. The molecule has 2 aliphatic heterocycles. The molecule has 7 nitrogen and oxygen atoms in total. The predicted molar refractivity (Wildman–Crippen MR) is 102 cm³/mol. The molecule has 0 aromatic carbocycles. The maximum atomic E-state index is 13.3. The van der Waals surface area contributed by atoms with Gasteiger partial charge in [-0.1, -0.05) is 6.42 Å². The number of carbonyl (C=O) groups is 1. The average Bonchev–Trinajstić information content (AvgIpc) is 2.70. The van der Waals surface area contributed by atoms with Crippen molar-refractivity contribution in [2.24, 2.45) is 5.92 Å². The monoisotopic (exact) mass is 428 g/mol. The Kier molecular flexibility index (Phi) is 6.31. The molecule has 1 aromatic heterocycles. The second-order valence-corrected chi connectivity index (χ2v) is 8.28. The van der Waals surface area contributed by atoms with Gasteiger partial charge in [-0.15, -0.1) is 0 Å². The molecule has 3 aliphatic rings. The molecule has 1 aromatic rings. The van der Waals surface area contributed by atoms with Crippen LogP contribution in [0.3, 0.4) is 0 Å². The number of likely N-dealkylation sites (tertiary alicyclic amines) is 1. The summed E-state index contributed by atoms with van der Waals surface area (Å²) >= 11 is 0. The van der Waals surface area contributed by atoms with E-state index in [-0.39, 0.29) is 37.0 Å². The Bertz CT molecular complexity index is 751. The Morgan fingerprint density at radius 2 is 1.93 bits per heavy atom. The number of nitrogens with one attached hydrogen (secondary N) is 1. The molecular formula is C20H27F3N4O3. The number of hydrogen-bond donors (Lipinski definition) is 1. The summed E-state index contributed by atoms with van der Waals surface area (Å²) in [7, 11) is 0. The van der Waals surface area contributed by atoms with Crippen LogP contribution in [0.4, 0.5) is 19.1 Å². The molecule has 0 radical (unpaired) electrons. The molecule has 1 N–H and O–H groups in total. The van der Waals surface area contributed by atoms with Gasteiger partial charge in [0.1, 0.15) is 11.7 Å². The number of rotatable bonds is 5. The number of alkyl halides is 3. The highest BCUT2D eigenvalue weighted by Gasteiger charge is 2.38. The lowest BCUT2D eigenvalue weighted by Gasteiger charge is -2.34. The van der Waals surface area contributed by atoms with Crippen LogP contribution < -0.4 is 10.1 Å². The van der Waals surface area contributed by atoms with Crippen LogP contribution in [-0.2, 0) is 15.7 Å².